The fourth-order valence-corrected chi connectivity index (χ4v) is 4.15. The van der Waals surface area contributed by atoms with Gasteiger partial charge in [-0.3, -0.25) is 9.88 Å². The summed E-state index contributed by atoms with van der Waals surface area (Å²) in [6, 6.07) is 11.3. The van der Waals surface area contributed by atoms with E-state index in [1.165, 1.54) is 12.3 Å². The van der Waals surface area contributed by atoms with Crippen LogP contribution in [0.1, 0.15) is 24.6 Å². The average Bonchev–Trinajstić information content (AvgIpc) is 3.15. The second-order valence-electron chi connectivity index (χ2n) is 7.19. The van der Waals surface area contributed by atoms with E-state index in [0.717, 1.165) is 25.9 Å². The van der Waals surface area contributed by atoms with Gasteiger partial charge in [-0.05, 0) is 55.0 Å². The number of hydrogen-bond donors (Lipinski definition) is 2. The largest absolute Gasteiger partial charge is 0.506 e. The molecule has 0 spiro atoms. The molecule has 6 heteroatoms. The molecule has 4 atom stereocenters. The molecule has 1 saturated heterocycles. The lowest BCUT2D eigenvalue weighted by Crippen LogP contribution is -2.29. The average molecular weight is 356 g/mol. The van der Waals surface area contributed by atoms with Gasteiger partial charge in [-0.25, -0.2) is 0 Å². The summed E-state index contributed by atoms with van der Waals surface area (Å²) in [5.41, 5.74) is 0.564. The molecule has 2 N–H and O–H groups in total. The van der Waals surface area contributed by atoms with Crippen LogP contribution >= 0.6 is 0 Å². The molecule has 2 aliphatic rings. The van der Waals surface area contributed by atoms with Crippen molar-refractivity contribution in [3.63, 3.8) is 0 Å². The minimum Gasteiger partial charge on any atom is -0.506 e. The monoisotopic (exact) mass is 356 g/mol. The van der Waals surface area contributed by atoms with E-state index in [1.54, 1.807) is 18.2 Å². The zero-order chi connectivity index (χ0) is 18.1. The summed E-state index contributed by atoms with van der Waals surface area (Å²) in [5.74, 6) is 0.854. The molecule has 1 aromatic carbocycles. The molecule has 136 valence electrons. The molecule has 1 saturated carbocycles. The van der Waals surface area contributed by atoms with Crippen LogP contribution in [0.4, 0.5) is 4.39 Å². The predicted octanol–water partition coefficient (Wildman–Crippen LogP) is 2.35. The van der Waals surface area contributed by atoms with E-state index in [9.17, 15) is 14.6 Å². The molecule has 0 radical (unpaired) electrons. The Hall–Kier alpha value is -2.36. The Balaban J connectivity index is 1.29. The van der Waals surface area contributed by atoms with E-state index in [4.69, 9.17) is 4.74 Å². The van der Waals surface area contributed by atoms with Crippen LogP contribution in [0.5, 0.6) is 11.5 Å². The lowest BCUT2D eigenvalue weighted by molar-refractivity contribution is 0.112. The molecule has 5 nitrogen and oxygen atoms in total. The fraction of sp³-hybridized carbons (Fsp3) is 0.450. The maximum Gasteiger partial charge on any atom is 0.215 e. The van der Waals surface area contributed by atoms with E-state index in [1.807, 2.05) is 0 Å². The predicted molar refractivity (Wildman–Crippen MR) is 92.0 cm³/mol. The normalized spacial score (nSPS) is 26.3. The van der Waals surface area contributed by atoms with Crippen molar-refractivity contribution in [3.8, 4) is 11.5 Å². The molecule has 1 aliphatic carbocycles. The van der Waals surface area contributed by atoms with Gasteiger partial charge in [-0.2, -0.15) is 4.39 Å². The van der Waals surface area contributed by atoms with Gasteiger partial charge in [0.15, 0.2) is 5.75 Å². The molecular formula is C20H21FN2O3. The number of ether oxygens (including phenoxy) is 1. The number of halogens is 1. The van der Waals surface area contributed by atoms with Crippen LogP contribution in [0, 0.1) is 29.8 Å². The summed E-state index contributed by atoms with van der Waals surface area (Å²) < 4.78 is 19.5. The lowest BCUT2D eigenvalue weighted by Gasteiger charge is -2.22. The van der Waals surface area contributed by atoms with E-state index in [0.29, 0.717) is 24.1 Å². The van der Waals surface area contributed by atoms with Gasteiger partial charge in [0, 0.05) is 19.6 Å². The van der Waals surface area contributed by atoms with E-state index in [2.05, 4.69) is 22.0 Å². The molecule has 4 rings (SSSR count). The van der Waals surface area contributed by atoms with Crippen LogP contribution in [0.3, 0.4) is 0 Å². The van der Waals surface area contributed by atoms with E-state index < -0.39 is 11.9 Å². The first-order valence-electron chi connectivity index (χ1n) is 8.88. The number of aliphatic hydroxyl groups is 1. The Bertz CT molecular complexity index is 741. The Kier molecular flexibility index (Phi) is 4.66. The van der Waals surface area contributed by atoms with Crippen molar-refractivity contribution in [2.45, 2.75) is 25.0 Å². The highest BCUT2D eigenvalue weighted by Crippen LogP contribution is 2.40. The number of rotatable bonds is 5. The zero-order valence-electron chi connectivity index (χ0n) is 14.3. The summed E-state index contributed by atoms with van der Waals surface area (Å²) in [4.78, 5) is 6.32. The van der Waals surface area contributed by atoms with Crippen LogP contribution < -0.4 is 4.74 Å². The Morgan fingerprint density at radius 3 is 2.69 bits per heavy atom. The summed E-state index contributed by atoms with van der Waals surface area (Å²) in [6.45, 7) is 2.32. The highest BCUT2D eigenvalue weighted by atomic mass is 19.1. The van der Waals surface area contributed by atoms with Gasteiger partial charge in [-0.1, -0.05) is 6.07 Å². The third-order valence-electron chi connectivity index (χ3n) is 5.34. The van der Waals surface area contributed by atoms with Crippen LogP contribution in [-0.4, -0.2) is 45.8 Å². The van der Waals surface area contributed by atoms with Crippen LogP contribution in [0.15, 0.2) is 30.5 Å². The van der Waals surface area contributed by atoms with Crippen molar-refractivity contribution < 1.29 is 19.3 Å². The Morgan fingerprint density at radius 2 is 2.04 bits per heavy atom. The number of nitrogens with zero attached hydrogens (tertiary/aromatic N) is 2. The highest BCUT2D eigenvalue weighted by Gasteiger charge is 2.42. The molecule has 0 unspecified atom stereocenters. The minimum atomic E-state index is -0.674. The van der Waals surface area contributed by atoms with E-state index >= 15 is 0 Å². The summed E-state index contributed by atoms with van der Waals surface area (Å²) in [5, 5.41) is 19.6. The number of aliphatic hydroxyl groups excluding tert-OH is 1. The van der Waals surface area contributed by atoms with E-state index in [-0.39, 0.29) is 17.6 Å². The van der Waals surface area contributed by atoms with Gasteiger partial charge in [0.05, 0.1) is 18.0 Å². The second-order valence-corrected chi connectivity index (χ2v) is 7.19. The number of pyridine rings is 1. The smallest absolute Gasteiger partial charge is 0.215 e. The quantitative estimate of drug-likeness (QED) is 0.861. The maximum absolute atomic E-state index is 13.7. The summed E-state index contributed by atoms with van der Waals surface area (Å²) in [6.07, 6.45) is 2.49. The maximum atomic E-state index is 13.7. The number of fused-ring (bicyclic) bond motifs is 1. The third-order valence-corrected chi connectivity index (χ3v) is 5.34. The van der Waals surface area contributed by atoms with Gasteiger partial charge in [0.25, 0.3) is 0 Å². The number of aromatic nitrogens is 1. The molecule has 0 bridgehead atoms. The zero-order valence-corrected chi connectivity index (χ0v) is 14.3. The second kappa shape index (κ2) is 7.10. The van der Waals surface area contributed by atoms with Crippen molar-refractivity contribution in [3.05, 3.63) is 54.1 Å². The lowest BCUT2D eigenvalue weighted by atomic mass is 10.0. The Labute approximate surface area is 152 Å². The molecule has 2 heterocycles. The minimum absolute atomic E-state index is 0.0288. The SMILES string of the molecule is Oc1ccc([C@@H](O)CN2C[C@H]3C[C@H](Oc4ccc#cc4F)C[C@H]3C2)nc1. The van der Waals surface area contributed by atoms with Crippen LogP contribution in [0.2, 0.25) is 0 Å². The van der Waals surface area contributed by atoms with Gasteiger partial charge >= 0.3 is 0 Å². The number of likely N-dealkylation sites (tertiary alicyclic amines) is 1. The molecule has 1 aliphatic heterocycles. The molecule has 26 heavy (non-hydrogen) atoms. The molecule has 1 aromatic heterocycles. The van der Waals surface area contributed by atoms with Crippen molar-refractivity contribution >= 4 is 0 Å². The molecule has 0 amide bonds. The van der Waals surface area contributed by atoms with Crippen LogP contribution in [0.25, 0.3) is 0 Å². The first kappa shape index (κ1) is 17.1. The fourth-order valence-electron chi connectivity index (χ4n) is 4.15. The van der Waals surface area contributed by atoms with Gasteiger partial charge in [-0.15, -0.1) is 0 Å². The number of β-amino-alcohol motifs (C(OH)–C–C–N with tert-alkyl or cyclic N) is 1. The summed E-state index contributed by atoms with van der Waals surface area (Å²) in [7, 11) is 0. The Morgan fingerprint density at radius 1 is 1.27 bits per heavy atom. The third kappa shape index (κ3) is 3.59. The van der Waals surface area contributed by atoms with Gasteiger partial charge < -0.3 is 14.9 Å². The number of hydrogen-bond acceptors (Lipinski definition) is 5. The van der Waals surface area contributed by atoms with Crippen molar-refractivity contribution in [1.82, 2.24) is 9.88 Å². The molecule has 2 aromatic rings. The molecule has 2 fully saturated rings. The van der Waals surface area contributed by atoms with Gasteiger partial charge in [0.2, 0.25) is 5.82 Å². The standard InChI is InChI=1S/C20H21FN2O3/c21-17-3-1-2-4-20(17)26-16-7-13-10-23(11-14(13)8-16)12-19(25)18-6-5-15(24)9-22-18/h2,4-6,9,13-14,16,19,24-25H,7-8,10-12H2/t13-,14+,16+,19-/m0/s1. The highest BCUT2D eigenvalue weighted by molar-refractivity contribution is 5.21. The van der Waals surface area contributed by atoms with Gasteiger partial charge in [0.1, 0.15) is 11.9 Å². The first-order valence-corrected chi connectivity index (χ1v) is 8.88. The summed E-state index contributed by atoms with van der Waals surface area (Å²) >= 11 is 0. The molecular weight excluding hydrogens is 335 g/mol. The van der Waals surface area contributed by atoms with Crippen molar-refractivity contribution in [2.24, 2.45) is 11.8 Å². The topological polar surface area (TPSA) is 65.8 Å². The van der Waals surface area contributed by atoms with Crippen molar-refractivity contribution in [1.29, 1.82) is 0 Å². The first-order chi connectivity index (χ1) is 12.6. The number of aromatic hydroxyl groups is 1. The van der Waals surface area contributed by atoms with Crippen LogP contribution in [-0.2, 0) is 0 Å². The van der Waals surface area contributed by atoms with Crippen molar-refractivity contribution in [2.75, 3.05) is 19.6 Å².